The van der Waals surface area contributed by atoms with Gasteiger partial charge in [-0.25, -0.2) is 4.98 Å². The standard InChI is InChI=1S/C30H41N7S/c1-3-34-17-19-37(20-18-34)29-21-24(2)27-22-26(9-10-28(27)33-29)32-30(38)31-11-12-35-13-15-36(16-14-35)23-25-7-5-4-6-8-25/h4-10,21-22H,3,11-20,23H2,1-2H3,(H2,31,32,38). The van der Waals surface area contributed by atoms with E-state index in [1.165, 1.54) is 16.5 Å². The molecule has 2 aromatic carbocycles. The zero-order valence-corrected chi connectivity index (χ0v) is 23.6. The molecule has 1 aromatic heterocycles. The third-order valence-corrected chi connectivity index (χ3v) is 8.08. The van der Waals surface area contributed by atoms with Crippen LogP contribution in [0.1, 0.15) is 18.1 Å². The summed E-state index contributed by atoms with van der Waals surface area (Å²) < 4.78 is 0. The van der Waals surface area contributed by atoms with Gasteiger partial charge in [-0.2, -0.15) is 0 Å². The van der Waals surface area contributed by atoms with E-state index in [4.69, 9.17) is 17.2 Å². The molecule has 0 unspecified atom stereocenters. The van der Waals surface area contributed by atoms with E-state index in [0.29, 0.717) is 5.11 Å². The van der Waals surface area contributed by atoms with Crippen LogP contribution >= 0.6 is 12.2 Å². The second-order valence-corrected chi connectivity index (χ2v) is 10.8. The van der Waals surface area contributed by atoms with Crippen LogP contribution in [0.2, 0.25) is 0 Å². The lowest BCUT2D eigenvalue weighted by molar-refractivity contribution is 0.129. The molecule has 7 nitrogen and oxygen atoms in total. The van der Waals surface area contributed by atoms with Crippen molar-refractivity contribution in [1.82, 2.24) is 25.0 Å². The molecule has 0 amide bonds. The lowest BCUT2D eigenvalue weighted by Crippen LogP contribution is -2.48. The Balaban J connectivity index is 1.07. The Hall–Kier alpha value is -2.78. The maximum Gasteiger partial charge on any atom is 0.170 e. The van der Waals surface area contributed by atoms with Gasteiger partial charge in [0.2, 0.25) is 0 Å². The number of aromatic nitrogens is 1. The van der Waals surface area contributed by atoms with Crippen LogP contribution < -0.4 is 15.5 Å². The van der Waals surface area contributed by atoms with E-state index in [0.717, 1.165) is 95.6 Å². The Morgan fingerprint density at radius 2 is 1.58 bits per heavy atom. The first-order valence-electron chi connectivity index (χ1n) is 14.0. The average molecular weight is 532 g/mol. The zero-order chi connectivity index (χ0) is 26.3. The van der Waals surface area contributed by atoms with Crippen molar-refractivity contribution in [2.75, 3.05) is 82.2 Å². The molecule has 2 N–H and O–H groups in total. The van der Waals surface area contributed by atoms with E-state index in [-0.39, 0.29) is 0 Å². The fourth-order valence-corrected chi connectivity index (χ4v) is 5.64. The van der Waals surface area contributed by atoms with Crippen LogP contribution in [0.4, 0.5) is 11.5 Å². The van der Waals surface area contributed by atoms with E-state index in [2.05, 4.69) is 98.7 Å². The predicted molar refractivity (Wildman–Crippen MR) is 163 cm³/mol. The highest BCUT2D eigenvalue weighted by molar-refractivity contribution is 7.80. The maximum absolute atomic E-state index is 5.60. The number of hydrogen-bond acceptors (Lipinski definition) is 6. The normalized spacial score (nSPS) is 17.6. The van der Waals surface area contributed by atoms with Crippen LogP contribution in [0.5, 0.6) is 0 Å². The van der Waals surface area contributed by atoms with Gasteiger partial charge in [0.15, 0.2) is 5.11 Å². The van der Waals surface area contributed by atoms with Gasteiger partial charge in [-0.1, -0.05) is 37.3 Å². The number of anilines is 2. The summed E-state index contributed by atoms with van der Waals surface area (Å²) in [5.74, 6) is 1.09. The number of nitrogens with one attached hydrogen (secondary N) is 2. The van der Waals surface area contributed by atoms with Gasteiger partial charge >= 0.3 is 0 Å². The first-order valence-corrected chi connectivity index (χ1v) is 14.4. The van der Waals surface area contributed by atoms with Gasteiger partial charge in [0, 0.05) is 83.1 Å². The summed E-state index contributed by atoms with van der Waals surface area (Å²) >= 11 is 5.60. The Bertz CT molecular complexity index is 1200. The molecular weight excluding hydrogens is 490 g/mol. The average Bonchev–Trinajstić information content (AvgIpc) is 2.95. The molecule has 0 saturated carbocycles. The fraction of sp³-hybridized carbons (Fsp3) is 0.467. The number of rotatable bonds is 8. The van der Waals surface area contributed by atoms with E-state index < -0.39 is 0 Å². The number of benzene rings is 2. The van der Waals surface area contributed by atoms with Crippen molar-refractivity contribution in [2.45, 2.75) is 20.4 Å². The van der Waals surface area contributed by atoms with Crippen molar-refractivity contribution < 1.29 is 0 Å². The highest BCUT2D eigenvalue weighted by Crippen LogP contribution is 2.26. The number of likely N-dealkylation sites (N-methyl/N-ethyl adjacent to an activating group) is 1. The third kappa shape index (κ3) is 6.99. The number of fused-ring (bicyclic) bond motifs is 1. The fourth-order valence-electron chi connectivity index (χ4n) is 5.42. The number of aryl methyl sites for hydroxylation is 1. The van der Waals surface area contributed by atoms with Gasteiger partial charge < -0.3 is 20.4 Å². The molecule has 2 aliphatic heterocycles. The van der Waals surface area contributed by atoms with Crippen molar-refractivity contribution in [3.63, 3.8) is 0 Å². The molecule has 2 saturated heterocycles. The lowest BCUT2D eigenvalue weighted by Gasteiger charge is -2.35. The molecular formula is C30H41N7S. The molecule has 0 radical (unpaired) electrons. The molecule has 2 aliphatic rings. The molecule has 0 aliphatic carbocycles. The Morgan fingerprint density at radius 3 is 2.32 bits per heavy atom. The summed E-state index contributed by atoms with van der Waals surface area (Å²) in [5, 5.41) is 8.60. The highest BCUT2D eigenvalue weighted by atomic mass is 32.1. The van der Waals surface area contributed by atoms with Crippen LogP contribution in [-0.4, -0.2) is 96.8 Å². The Morgan fingerprint density at radius 1 is 0.868 bits per heavy atom. The molecule has 2 fully saturated rings. The minimum Gasteiger partial charge on any atom is -0.361 e. The SMILES string of the molecule is CCN1CCN(c2cc(C)c3cc(NC(=S)NCCN4CCN(Cc5ccccc5)CC4)ccc3n2)CC1. The molecule has 3 aromatic rings. The second-order valence-electron chi connectivity index (χ2n) is 10.4. The zero-order valence-electron chi connectivity index (χ0n) is 22.8. The summed E-state index contributed by atoms with van der Waals surface area (Å²) in [6.45, 7) is 17.1. The quantitative estimate of drug-likeness (QED) is 0.426. The summed E-state index contributed by atoms with van der Waals surface area (Å²) in [7, 11) is 0. The van der Waals surface area contributed by atoms with Gasteiger partial charge in [-0.15, -0.1) is 0 Å². The van der Waals surface area contributed by atoms with Gasteiger partial charge in [-0.05, 0) is 61.1 Å². The van der Waals surface area contributed by atoms with E-state index in [1.807, 2.05) is 0 Å². The topological polar surface area (TPSA) is 49.9 Å². The van der Waals surface area contributed by atoms with Gasteiger partial charge in [0.25, 0.3) is 0 Å². The number of hydrogen-bond donors (Lipinski definition) is 2. The summed E-state index contributed by atoms with van der Waals surface area (Å²) in [6, 6.07) is 19.3. The molecule has 0 atom stereocenters. The first-order chi connectivity index (χ1) is 18.6. The monoisotopic (exact) mass is 531 g/mol. The van der Waals surface area contributed by atoms with E-state index in [1.54, 1.807) is 0 Å². The first kappa shape index (κ1) is 26.8. The molecule has 5 rings (SSSR count). The minimum atomic E-state index is 0.670. The molecule has 0 spiro atoms. The highest BCUT2D eigenvalue weighted by Gasteiger charge is 2.18. The number of thiocarbonyl (C=S) groups is 1. The van der Waals surface area contributed by atoms with Crippen molar-refractivity contribution in [3.05, 3.63) is 65.7 Å². The largest absolute Gasteiger partial charge is 0.361 e. The summed E-state index contributed by atoms with van der Waals surface area (Å²) in [5.41, 5.74) is 4.67. The van der Waals surface area contributed by atoms with Crippen molar-refractivity contribution in [3.8, 4) is 0 Å². The number of piperazine rings is 2. The van der Waals surface area contributed by atoms with Crippen molar-refractivity contribution in [1.29, 1.82) is 0 Å². The third-order valence-electron chi connectivity index (χ3n) is 7.83. The van der Waals surface area contributed by atoms with Crippen LogP contribution in [0.25, 0.3) is 10.9 Å². The van der Waals surface area contributed by atoms with E-state index in [9.17, 15) is 0 Å². The molecule has 0 bridgehead atoms. The maximum atomic E-state index is 5.60. The van der Waals surface area contributed by atoms with Crippen LogP contribution in [0, 0.1) is 6.92 Å². The van der Waals surface area contributed by atoms with Crippen LogP contribution in [0.15, 0.2) is 54.6 Å². The van der Waals surface area contributed by atoms with Gasteiger partial charge in [0.1, 0.15) is 5.82 Å². The summed E-state index contributed by atoms with van der Waals surface area (Å²) in [6.07, 6.45) is 0. The van der Waals surface area contributed by atoms with E-state index >= 15 is 0 Å². The molecule has 3 heterocycles. The van der Waals surface area contributed by atoms with Gasteiger partial charge in [-0.3, -0.25) is 9.80 Å². The lowest BCUT2D eigenvalue weighted by atomic mass is 10.1. The Kier molecular flexibility index (Phi) is 9.06. The molecule has 38 heavy (non-hydrogen) atoms. The number of pyridine rings is 1. The summed E-state index contributed by atoms with van der Waals surface area (Å²) in [4.78, 5) is 14.9. The number of nitrogens with zero attached hydrogens (tertiary/aromatic N) is 5. The van der Waals surface area contributed by atoms with Gasteiger partial charge in [0.05, 0.1) is 5.52 Å². The predicted octanol–water partition coefficient (Wildman–Crippen LogP) is 3.79. The van der Waals surface area contributed by atoms with Crippen LogP contribution in [0.3, 0.4) is 0 Å². The minimum absolute atomic E-state index is 0.670. The van der Waals surface area contributed by atoms with Crippen molar-refractivity contribution >= 4 is 39.7 Å². The second kappa shape index (κ2) is 12.8. The van der Waals surface area contributed by atoms with Crippen LogP contribution in [-0.2, 0) is 6.54 Å². The molecule has 202 valence electrons. The Labute approximate surface area is 232 Å². The molecule has 8 heteroatoms. The van der Waals surface area contributed by atoms with Crippen molar-refractivity contribution in [2.24, 2.45) is 0 Å². The smallest absolute Gasteiger partial charge is 0.170 e.